The first-order valence-corrected chi connectivity index (χ1v) is 8.11. The number of benzene rings is 1. The largest absolute Gasteiger partial charge is 0.416 e. The normalized spacial score (nSPS) is 22.4. The summed E-state index contributed by atoms with van der Waals surface area (Å²) in [6, 6.07) is 3.55. The first-order valence-electron chi connectivity index (χ1n) is 8.11. The average Bonchev–Trinajstić information content (AvgIpc) is 3.07. The number of quaternary nitrogens is 1. The van der Waals surface area contributed by atoms with Crippen molar-refractivity contribution in [1.82, 2.24) is 0 Å². The standard InChI is InChI=1S/C17H22F4N/c18-15-10-13(9-14(11-15)17(19,20)21)12-22(7-3-4-8-22)16-5-1-2-6-16/h9-11,16H,1-8,12H2/q+1. The zero-order chi connectivity index (χ0) is 15.8. The Kier molecular flexibility index (Phi) is 4.19. The van der Waals surface area contributed by atoms with Gasteiger partial charge >= 0.3 is 6.18 Å². The van der Waals surface area contributed by atoms with E-state index in [0.29, 0.717) is 24.2 Å². The lowest BCUT2D eigenvalue weighted by Gasteiger charge is -2.40. The van der Waals surface area contributed by atoms with E-state index in [2.05, 4.69) is 0 Å². The minimum absolute atomic E-state index is 0.487. The number of likely N-dealkylation sites (tertiary alicyclic amines) is 1. The van der Waals surface area contributed by atoms with Crippen LogP contribution in [-0.4, -0.2) is 23.6 Å². The predicted molar refractivity (Wildman–Crippen MR) is 76.6 cm³/mol. The molecule has 0 radical (unpaired) electrons. The Morgan fingerprint density at radius 1 is 0.955 bits per heavy atom. The Labute approximate surface area is 128 Å². The molecule has 1 saturated heterocycles. The molecule has 1 aromatic rings. The van der Waals surface area contributed by atoms with E-state index in [1.54, 1.807) is 0 Å². The fourth-order valence-electron chi connectivity index (χ4n) is 4.34. The fraction of sp³-hybridized carbons (Fsp3) is 0.647. The van der Waals surface area contributed by atoms with Crippen molar-refractivity contribution in [3.63, 3.8) is 0 Å². The first kappa shape index (κ1) is 15.8. The number of rotatable bonds is 3. The summed E-state index contributed by atoms with van der Waals surface area (Å²) < 4.78 is 53.1. The highest BCUT2D eigenvalue weighted by Crippen LogP contribution is 2.37. The van der Waals surface area contributed by atoms with Crippen LogP contribution in [0.3, 0.4) is 0 Å². The predicted octanol–water partition coefficient (Wildman–Crippen LogP) is 4.90. The van der Waals surface area contributed by atoms with Crippen LogP contribution >= 0.6 is 0 Å². The van der Waals surface area contributed by atoms with Crippen molar-refractivity contribution in [2.45, 2.75) is 57.3 Å². The molecule has 0 spiro atoms. The van der Waals surface area contributed by atoms with E-state index in [1.165, 1.54) is 18.9 Å². The van der Waals surface area contributed by atoms with Crippen LogP contribution in [0.15, 0.2) is 18.2 Å². The third kappa shape index (κ3) is 3.14. The minimum atomic E-state index is -4.49. The van der Waals surface area contributed by atoms with E-state index in [-0.39, 0.29) is 0 Å². The Morgan fingerprint density at radius 2 is 1.59 bits per heavy atom. The van der Waals surface area contributed by atoms with E-state index in [0.717, 1.165) is 49.3 Å². The first-order chi connectivity index (χ1) is 10.4. The van der Waals surface area contributed by atoms with Gasteiger partial charge in [0.2, 0.25) is 0 Å². The van der Waals surface area contributed by atoms with Crippen LogP contribution in [-0.2, 0) is 12.7 Å². The lowest BCUT2D eigenvalue weighted by Crippen LogP contribution is -2.51. The molecule has 1 nitrogen and oxygen atoms in total. The van der Waals surface area contributed by atoms with Crippen molar-refractivity contribution in [3.8, 4) is 0 Å². The van der Waals surface area contributed by atoms with E-state index in [9.17, 15) is 17.6 Å². The lowest BCUT2D eigenvalue weighted by atomic mass is 10.1. The van der Waals surface area contributed by atoms with E-state index >= 15 is 0 Å². The summed E-state index contributed by atoms with van der Waals surface area (Å²) in [5.74, 6) is -0.784. The molecule has 0 unspecified atom stereocenters. The third-order valence-corrected chi connectivity index (χ3v) is 5.34. The Hall–Kier alpha value is -1.10. The Bertz CT molecular complexity index is 526. The molecule has 0 bridgehead atoms. The molecule has 0 atom stereocenters. The highest BCUT2D eigenvalue weighted by Gasteiger charge is 2.41. The molecular weight excluding hydrogens is 294 g/mol. The van der Waals surface area contributed by atoms with Crippen molar-refractivity contribution in [3.05, 3.63) is 35.1 Å². The topological polar surface area (TPSA) is 0 Å². The Morgan fingerprint density at radius 3 is 2.18 bits per heavy atom. The summed E-state index contributed by atoms with van der Waals surface area (Å²) in [4.78, 5) is 0. The summed E-state index contributed by atoms with van der Waals surface area (Å²) in [6.45, 7) is 2.57. The molecule has 5 heteroatoms. The molecule has 3 rings (SSSR count). The zero-order valence-corrected chi connectivity index (χ0v) is 12.6. The van der Waals surface area contributed by atoms with Gasteiger partial charge in [-0.05, 0) is 43.9 Å². The second kappa shape index (κ2) is 5.84. The molecule has 22 heavy (non-hydrogen) atoms. The molecule has 1 aliphatic carbocycles. The highest BCUT2D eigenvalue weighted by molar-refractivity contribution is 5.26. The molecule has 1 aliphatic heterocycles. The summed E-state index contributed by atoms with van der Waals surface area (Å²) in [5.41, 5.74) is -0.382. The van der Waals surface area contributed by atoms with E-state index < -0.39 is 17.6 Å². The zero-order valence-electron chi connectivity index (χ0n) is 12.6. The summed E-state index contributed by atoms with van der Waals surface area (Å²) in [6.07, 6.45) is 2.49. The second-order valence-corrected chi connectivity index (χ2v) is 6.82. The molecule has 2 aliphatic rings. The van der Waals surface area contributed by atoms with Crippen molar-refractivity contribution in [1.29, 1.82) is 0 Å². The molecule has 1 aromatic carbocycles. The minimum Gasteiger partial charge on any atom is -0.317 e. The van der Waals surface area contributed by atoms with Gasteiger partial charge in [-0.2, -0.15) is 13.2 Å². The maximum absolute atomic E-state index is 13.6. The number of halogens is 4. The van der Waals surface area contributed by atoms with Gasteiger partial charge in [-0.25, -0.2) is 4.39 Å². The van der Waals surface area contributed by atoms with E-state index in [1.807, 2.05) is 0 Å². The fourth-order valence-corrected chi connectivity index (χ4v) is 4.34. The van der Waals surface area contributed by atoms with Crippen LogP contribution in [0.5, 0.6) is 0 Å². The average molecular weight is 316 g/mol. The van der Waals surface area contributed by atoms with Crippen molar-refractivity contribution < 1.29 is 22.0 Å². The number of nitrogens with zero attached hydrogens (tertiary/aromatic N) is 1. The number of hydrogen-bond acceptors (Lipinski definition) is 0. The molecule has 0 aromatic heterocycles. The van der Waals surface area contributed by atoms with Gasteiger partial charge in [-0.1, -0.05) is 0 Å². The van der Waals surface area contributed by atoms with Crippen LogP contribution in [0.1, 0.15) is 49.7 Å². The maximum atomic E-state index is 13.6. The Balaban J connectivity index is 1.88. The lowest BCUT2D eigenvalue weighted by molar-refractivity contribution is -0.952. The van der Waals surface area contributed by atoms with Gasteiger partial charge in [0, 0.05) is 18.4 Å². The van der Waals surface area contributed by atoms with Crippen molar-refractivity contribution in [2.75, 3.05) is 13.1 Å². The quantitative estimate of drug-likeness (QED) is 0.550. The van der Waals surface area contributed by atoms with Gasteiger partial charge < -0.3 is 4.48 Å². The third-order valence-electron chi connectivity index (χ3n) is 5.34. The van der Waals surface area contributed by atoms with Crippen LogP contribution in [0.4, 0.5) is 17.6 Å². The molecule has 2 fully saturated rings. The van der Waals surface area contributed by atoms with Crippen LogP contribution in [0, 0.1) is 5.82 Å². The van der Waals surface area contributed by atoms with E-state index in [4.69, 9.17) is 0 Å². The van der Waals surface area contributed by atoms with Crippen LogP contribution < -0.4 is 0 Å². The van der Waals surface area contributed by atoms with Gasteiger partial charge in [0.15, 0.2) is 0 Å². The molecular formula is C17H22F4N+. The van der Waals surface area contributed by atoms with Crippen molar-refractivity contribution in [2.24, 2.45) is 0 Å². The summed E-state index contributed by atoms with van der Waals surface area (Å²) in [7, 11) is 0. The smallest absolute Gasteiger partial charge is 0.317 e. The molecule has 122 valence electrons. The van der Waals surface area contributed by atoms with Gasteiger partial charge in [-0.3, -0.25) is 0 Å². The van der Waals surface area contributed by atoms with Gasteiger partial charge in [0.25, 0.3) is 0 Å². The molecule has 0 amide bonds. The van der Waals surface area contributed by atoms with Crippen LogP contribution in [0.25, 0.3) is 0 Å². The van der Waals surface area contributed by atoms with Crippen molar-refractivity contribution >= 4 is 0 Å². The molecule has 1 heterocycles. The van der Waals surface area contributed by atoms with Gasteiger partial charge in [0.1, 0.15) is 12.4 Å². The monoisotopic (exact) mass is 316 g/mol. The molecule has 1 saturated carbocycles. The maximum Gasteiger partial charge on any atom is 0.416 e. The number of alkyl halides is 3. The van der Waals surface area contributed by atoms with Crippen LogP contribution in [0.2, 0.25) is 0 Å². The summed E-state index contributed by atoms with van der Waals surface area (Å²) >= 11 is 0. The second-order valence-electron chi connectivity index (χ2n) is 6.82. The van der Waals surface area contributed by atoms with Gasteiger partial charge in [-0.15, -0.1) is 0 Å². The molecule has 0 N–H and O–H groups in total. The number of hydrogen-bond donors (Lipinski definition) is 0. The highest BCUT2D eigenvalue weighted by atomic mass is 19.4. The SMILES string of the molecule is Fc1cc(C[N+]2(C3CCCC3)CCCC2)cc(C(F)(F)F)c1. The summed E-state index contributed by atoms with van der Waals surface area (Å²) in [5, 5.41) is 0. The van der Waals surface area contributed by atoms with Gasteiger partial charge in [0.05, 0.1) is 24.7 Å².